The maximum atomic E-state index is 13.1. The summed E-state index contributed by atoms with van der Waals surface area (Å²) in [6.45, 7) is 3.72. The van der Waals surface area contributed by atoms with Crippen LogP contribution in [0, 0.1) is 0 Å². The molecule has 168 valence electrons. The van der Waals surface area contributed by atoms with Crippen LogP contribution in [0.1, 0.15) is 35.2 Å². The Hall–Kier alpha value is -2.64. The Kier molecular flexibility index (Phi) is 8.67. The van der Waals surface area contributed by atoms with Crippen molar-refractivity contribution < 1.29 is 23.6 Å². The van der Waals surface area contributed by atoms with Crippen LogP contribution in [0.2, 0.25) is 0 Å². The number of benzene rings is 1. The summed E-state index contributed by atoms with van der Waals surface area (Å²) in [5.41, 5.74) is 1.61. The van der Waals surface area contributed by atoms with Gasteiger partial charge in [0, 0.05) is 32.7 Å². The highest BCUT2D eigenvalue weighted by molar-refractivity contribution is 5.94. The summed E-state index contributed by atoms with van der Waals surface area (Å²) in [5, 5.41) is 0. The minimum atomic E-state index is -0.121. The molecule has 1 fully saturated rings. The van der Waals surface area contributed by atoms with Gasteiger partial charge >= 0.3 is 0 Å². The third-order valence-corrected chi connectivity index (χ3v) is 5.55. The summed E-state index contributed by atoms with van der Waals surface area (Å²) in [5.74, 6) is -0.0631. The minimum absolute atomic E-state index is 0.0312. The van der Waals surface area contributed by atoms with Crippen molar-refractivity contribution in [3.8, 4) is 0 Å². The van der Waals surface area contributed by atoms with Crippen LogP contribution >= 0.6 is 0 Å². The van der Waals surface area contributed by atoms with Crippen molar-refractivity contribution >= 4 is 11.8 Å². The highest BCUT2D eigenvalue weighted by Gasteiger charge is 2.25. The van der Waals surface area contributed by atoms with E-state index >= 15 is 0 Å². The van der Waals surface area contributed by atoms with Crippen LogP contribution in [0.5, 0.6) is 0 Å². The number of carbonyl (C=O) groups is 2. The third kappa shape index (κ3) is 7.22. The number of carbonyl (C=O) groups excluding carboxylic acids is 2. The van der Waals surface area contributed by atoms with E-state index in [2.05, 4.69) is 14.1 Å². The number of likely N-dealkylation sites (N-methyl/N-ethyl adjacent to an activating group) is 1. The number of rotatable bonds is 11. The van der Waals surface area contributed by atoms with Crippen LogP contribution in [-0.2, 0) is 16.1 Å². The van der Waals surface area contributed by atoms with Crippen LogP contribution in [0.25, 0.3) is 0 Å². The molecule has 1 aromatic heterocycles. The molecule has 0 spiro atoms. The molecular formula is C24H34N3O4+. The summed E-state index contributed by atoms with van der Waals surface area (Å²) < 4.78 is 10.8. The summed E-state index contributed by atoms with van der Waals surface area (Å²) in [6, 6.07) is 11.7. The van der Waals surface area contributed by atoms with Crippen molar-refractivity contribution in [2.24, 2.45) is 0 Å². The molecule has 7 nitrogen and oxygen atoms in total. The number of hydrogen-bond donors (Lipinski definition) is 1. The first-order chi connectivity index (χ1) is 15.0. The smallest absolute Gasteiger partial charge is 0.257 e. The molecule has 1 aliphatic rings. The first kappa shape index (κ1) is 23.0. The van der Waals surface area contributed by atoms with E-state index in [1.807, 2.05) is 35.2 Å². The van der Waals surface area contributed by atoms with E-state index in [-0.39, 0.29) is 24.3 Å². The largest absolute Gasteiger partial charge is 0.472 e. The lowest BCUT2D eigenvalue weighted by atomic mass is 10.2. The molecule has 0 bridgehead atoms. The lowest BCUT2D eigenvalue weighted by Gasteiger charge is -2.27. The maximum Gasteiger partial charge on any atom is 0.257 e. The maximum absolute atomic E-state index is 13.1. The fourth-order valence-corrected chi connectivity index (χ4v) is 3.72. The van der Waals surface area contributed by atoms with Crippen molar-refractivity contribution in [1.29, 1.82) is 0 Å². The molecule has 0 aliphatic carbocycles. The molecule has 0 radical (unpaired) electrons. The molecular weight excluding hydrogens is 394 g/mol. The Bertz CT molecular complexity index is 801. The zero-order valence-corrected chi connectivity index (χ0v) is 18.6. The van der Waals surface area contributed by atoms with Gasteiger partial charge in [-0.05, 0) is 24.5 Å². The fourth-order valence-electron chi connectivity index (χ4n) is 3.72. The van der Waals surface area contributed by atoms with E-state index in [0.29, 0.717) is 31.7 Å². The molecule has 1 aliphatic heterocycles. The number of hydrogen-bond acceptors (Lipinski definition) is 4. The molecule has 7 heteroatoms. The second kappa shape index (κ2) is 11.7. The van der Waals surface area contributed by atoms with Gasteiger partial charge in [-0.25, -0.2) is 0 Å². The lowest BCUT2D eigenvalue weighted by molar-refractivity contribution is -0.857. The van der Waals surface area contributed by atoms with E-state index in [4.69, 9.17) is 9.15 Å². The fraction of sp³-hybridized carbons (Fsp3) is 0.500. The van der Waals surface area contributed by atoms with Gasteiger partial charge in [0.15, 0.2) is 0 Å². The monoisotopic (exact) mass is 428 g/mol. The van der Waals surface area contributed by atoms with Gasteiger partial charge in [-0.15, -0.1) is 0 Å². The van der Waals surface area contributed by atoms with E-state index in [9.17, 15) is 9.59 Å². The van der Waals surface area contributed by atoms with Crippen molar-refractivity contribution in [2.45, 2.75) is 31.9 Å². The summed E-state index contributed by atoms with van der Waals surface area (Å²) in [4.78, 5) is 31.0. The number of nitrogens with one attached hydrogen (secondary N) is 1. The summed E-state index contributed by atoms with van der Waals surface area (Å²) in [7, 11) is 4.16. The van der Waals surface area contributed by atoms with Crippen molar-refractivity contribution in [3.05, 3.63) is 60.1 Å². The van der Waals surface area contributed by atoms with Gasteiger partial charge in [0.2, 0.25) is 5.91 Å². The van der Waals surface area contributed by atoms with E-state index in [1.54, 1.807) is 11.0 Å². The molecule has 3 rings (SSSR count). The predicted molar refractivity (Wildman–Crippen MR) is 118 cm³/mol. The number of amides is 2. The third-order valence-electron chi connectivity index (χ3n) is 5.55. The minimum Gasteiger partial charge on any atom is -0.472 e. The van der Waals surface area contributed by atoms with E-state index in [1.165, 1.54) is 17.4 Å². The van der Waals surface area contributed by atoms with Crippen LogP contribution in [0.15, 0.2) is 53.3 Å². The van der Waals surface area contributed by atoms with Crippen LogP contribution < -0.4 is 4.90 Å². The topological polar surface area (TPSA) is 67.4 Å². The van der Waals surface area contributed by atoms with Crippen molar-refractivity contribution in [1.82, 2.24) is 9.80 Å². The van der Waals surface area contributed by atoms with Gasteiger partial charge in [0.05, 0.1) is 45.1 Å². The molecule has 0 saturated carbocycles. The molecule has 1 atom stereocenters. The van der Waals surface area contributed by atoms with E-state index < -0.39 is 0 Å². The average Bonchev–Trinajstić information content (AvgIpc) is 3.48. The molecule has 0 unspecified atom stereocenters. The molecule has 2 aromatic rings. The highest BCUT2D eigenvalue weighted by Crippen LogP contribution is 2.16. The van der Waals surface area contributed by atoms with Gasteiger partial charge in [-0.3, -0.25) is 9.59 Å². The first-order valence-electron chi connectivity index (χ1n) is 11.1. The normalized spacial score (nSPS) is 15.9. The van der Waals surface area contributed by atoms with Crippen molar-refractivity contribution in [2.75, 3.05) is 46.9 Å². The highest BCUT2D eigenvalue weighted by atomic mass is 16.5. The Balaban J connectivity index is 1.64. The Morgan fingerprint density at radius 1 is 1.10 bits per heavy atom. The molecule has 2 heterocycles. The van der Waals surface area contributed by atoms with Gasteiger partial charge in [-0.1, -0.05) is 30.3 Å². The molecule has 1 aromatic carbocycles. The van der Waals surface area contributed by atoms with Crippen LogP contribution in [-0.4, -0.2) is 74.6 Å². The molecule has 1 N–H and O–H groups in total. The van der Waals surface area contributed by atoms with Crippen LogP contribution in [0.4, 0.5) is 0 Å². The number of nitrogens with zero attached hydrogens (tertiary/aromatic N) is 2. The SMILES string of the molecule is C[NH+](C)CCN(Cc1ccccc1)C(=O)CCN(C[C@H]1CCCO1)C(=O)c1ccoc1. The summed E-state index contributed by atoms with van der Waals surface area (Å²) in [6.07, 6.45) is 5.21. The second-order valence-electron chi connectivity index (χ2n) is 8.41. The standard InChI is InChI=1S/C24H33N3O4/c1-25(2)13-14-26(17-20-7-4-3-5-8-20)23(28)10-12-27(18-22-9-6-15-31-22)24(29)21-11-16-30-19-21/h3-5,7-8,11,16,19,22H,6,9-10,12-15,17-18H2,1-2H3/p+1/t22-/m1/s1. The van der Waals surface area contributed by atoms with Crippen molar-refractivity contribution in [3.63, 3.8) is 0 Å². The van der Waals surface area contributed by atoms with Gasteiger partial charge in [0.25, 0.3) is 5.91 Å². The van der Waals surface area contributed by atoms with Gasteiger partial charge in [-0.2, -0.15) is 0 Å². The quantitative estimate of drug-likeness (QED) is 0.589. The Labute approximate surface area is 184 Å². The molecule has 31 heavy (non-hydrogen) atoms. The number of quaternary nitrogens is 1. The lowest BCUT2D eigenvalue weighted by Crippen LogP contribution is -3.06. The summed E-state index contributed by atoms with van der Waals surface area (Å²) >= 11 is 0. The first-order valence-corrected chi connectivity index (χ1v) is 11.1. The van der Waals surface area contributed by atoms with E-state index in [0.717, 1.165) is 31.6 Å². The predicted octanol–water partition coefficient (Wildman–Crippen LogP) is 1.46. The van der Waals surface area contributed by atoms with Crippen LogP contribution in [0.3, 0.4) is 0 Å². The Morgan fingerprint density at radius 2 is 1.90 bits per heavy atom. The van der Waals surface area contributed by atoms with Gasteiger partial charge in [0.1, 0.15) is 6.26 Å². The number of ether oxygens (including phenoxy) is 1. The molecule has 1 saturated heterocycles. The Morgan fingerprint density at radius 3 is 2.55 bits per heavy atom. The second-order valence-corrected chi connectivity index (χ2v) is 8.41. The zero-order chi connectivity index (χ0) is 22.1. The number of furan rings is 1. The van der Waals surface area contributed by atoms with Gasteiger partial charge < -0.3 is 23.9 Å². The average molecular weight is 429 g/mol. The zero-order valence-electron chi connectivity index (χ0n) is 18.6. The molecule has 2 amide bonds.